The first kappa shape index (κ1) is 48.6. The van der Waals surface area contributed by atoms with E-state index in [1.54, 1.807) is 12.1 Å². The molecule has 4 heterocycles. The first-order valence-corrected chi connectivity index (χ1v) is 23.7. The smallest absolute Gasteiger partial charge is 0.305 e. The molecule has 65 heavy (non-hydrogen) atoms. The summed E-state index contributed by atoms with van der Waals surface area (Å²) in [6.45, 7) is 14.1. The van der Waals surface area contributed by atoms with Gasteiger partial charge < -0.3 is 42.3 Å². The SMILES string of the molecule is CC(=O)O[C@@H]1O[C@H](CO[C@@H]2O[C@H](CO[Si](C)(C)C(C)(C)C)[C@@H](OC(C)=O)[C@H](OC(C)=O)[C@H]2N2C(=O)c3ccccc3C2=O)[C@@H](OC(C)=O)[C@H](OC(C)=O)[C@H]1N1C(=O)c2ccccc2C1=O. The fraction of sp³-hybridized carbons (Fsp3) is 0.523. The first-order chi connectivity index (χ1) is 30.4. The maximum Gasteiger partial charge on any atom is 0.305 e. The Labute approximate surface area is 375 Å². The second-order valence-corrected chi connectivity index (χ2v) is 22.2. The van der Waals surface area contributed by atoms with Gasteiger partial charge >= 0.3 is 29.8 Å². The van der Waals surface area contributed by atoms with Crippen molar-refractivity contribution < 1.29 is 85.5 Å². The van der Waals surface area contributed by atoms with Crippen molar-refractivity contribution in [3.05, 3.63) is 70.8 Å². The lowest BCUT2D eigenvalue weighted by Gasteiger charge is -2.49. The van der Waals surface area contributed by atoms with Crippen LogP contribution in [0.3, 0.4) is 0 Å². The highest BCUT2D eigenvalue weighted by molar-refractivity contribution is 6.74. The van der Waals surface area contributed by atoms with Gasteiger partial charge in [0, 0.05) is 34.6 Å². The van der Waals surface area contributed by atoms with Crippen LogP contribution in [-0.2, 0) is 66.3 Å². The fourth-order valence-electron chi connectivity index (χ4n) is 7.97. The van der Waals surface area contributed by atoms with Crippen LogP contribution in [0.2, 0.25) is 18.1 Å². The Morgan fingerprint density at radius 1 is 0.523 bits per heavy atom. The molecule has 4 aliphatic heterocycles. The lowest BCUT2D eigenvalue weighted by Crippen LogP contribution is -2.69. The zero-order valence-electron chi connectivity index (χ0n) is 37.5. The Bertz CT molecular complexity index is 2200. The van der Waals surface area contributed by atoms with Crippen LogP contribution in [0.5, 0.6) is 0 Å². The van der Waals surface area contributed by atoms with Gasteiger partial charge in [-0.1, -0.05) is 45.0 Å². The lowest BCUT2D eigenvalue weighted by atomic mass is 9.94. The summed E-state index contributed by atoms with van der Waals surface area (Å²) >= 11 is 0. The Kier molecular flexibility index (Phi) is 14.1. The molecule has 0 radical (unpaired) electrons. The fourth-order valence-corrected chi connectivity index (χ4v) is 8.98. The van der Waals surface area contributed by atoms with Gasteiger partial charge in [0.1, 0.15) is 24.3 Å². The first-order valence-electron chi connectivity index (χ1n) is 20.8. The molecule has 0 unspecified atom stereocenters. The van der Waals surface area contributed by atoms with E-state index in [4.69, 9.17) is 42.3 Å². The molecule has 0 bridgehead atoms. The second kappa shape index (κ2) is 18.9. The summed E-state index contributed by atoms with van der Waals surface area (Å²) in [5, 5.41) is -0.321. The number of fused-ring (bicyclic) bond motifs is 2. The van der Waals surface area contributed by atoms with E-state index in [2.05, 4.69) is 0 Å². The molecule has 350 valence electrons. The van der Waals surface area contributed by atoms with E-state index in [0.29, 0.717) is 4.90 Å². The van der Waals surface area contributed by atoms with Crippen LogP contribution in [0.25, 0.3) is 0 Å². The quantitative estimate of drug-likeness (QED) is 0.121. The molecular formula is C44H52N2O18Si. The molecule has 21 heteroatoms. The highest BCUT2D eigenvalue weighted by atomic mass is 28.4. The van der Waals surface area contributed by atoms with Crippen LogP contribution in [-0.4, -0.2) is 146 Å². The zero-order chi connectivity index (χ0) is 47.9. The third-order valence-electron chi connectivity index (χ3n) is 11.8. The second-order valence-electron chi connectivity index (χ2n) is 17.4. The number of imide groups is 2. The summed E-state index contributed by atoms with van der Waals surface area (Å²) < 4.78 is 54.3. The van der Waals surface area contributed by atoms with Crippen molar-refractivity contribution in [2.75, 3.05) is 13.2 Å². The largest absolute Gasteiger partial charge is 0.456 e. The van der Waals surface area contributed by atoms with Crippen molar-refractivity contribution in [1.29, 1.82) is 0 Å². The van der Waals surface area contributed by atoms with Crippen LogP contribution in [0, 0.1) is 0 Å². The summed E-state index contributed by atoms with van der Waals surface area (Å²) in [4.78, 5) is 122. The van der Waals surface area contributed by atoms with Crippen molar-refractivity contribution in [1.82, 2.24) is 9.80 Å². The normalized spacial score (nSPS) is 27.7. The van der Waals surface area contributed by atoms with E-state index in [9.17, 15) is 43.2 Å². The number of benzene rings is 2. The van der Waals surface area contributed by atoms with Crippen LogP contribution in [0.1, 0.15) is 96.8 Å². The van der Waals surface area contributed by atoms with Crippen LogP contribution in [0.15, 0.2) is 48.5 Å². The molecule has 0 aromatic heterocycles. The maximum atomic E-state index is 14.2. The molecule has 2 aromatic rings. The van der Waals surface area contributed by atoms with E-state index >= 15 is 0 Å². The average Bonchev–Trinajstić information content (AvgIpc) is 3.60. The molecule has 0 N–H and O–H groups in total. The van der Waals surface area contributed by atoms with Crippen molar-refractivity contribution >= 4 is 61.8 Å². The Morgan fingerprint density at radius 3 is 1.20 bits per heavy atom. The van der Waals surface area contributed by atoms with Gasteiger partial charge in [-0.2, -0.15) is 0 Å². The average molecular weight is 925 g/mol. The number of carbonyl (C=O) groups is 9. The summed E-state index contributed by atoms with van der Waals surface area (Å²) in [7, 11) is -2.59. The van der Waals surface area contributed by atoms with Gasteiger partial charge in [-0.25, -0.2) is 0 Å². The lowest BCUT2D eigenvalue weighted by molar-refractivity contribution is -0.310. The molecule has 2 saturated heterocycles. The molecule has 2 fully saturated rings. The number of rotatable bonds is 13. The summed E-state index contributed by atoms with van der Waals surface area (Å²) in [6, 6.07) is 8.35. The van der Waals surface area contributed by atoms with Gasteiger partial charge in [0.25, 0.3) is 23.6 Å². The van der Waals surface area contributed by atoms with Crippen molar-refractivity contribution in [3.63, 3.8) is 0 Å². The van der Waals surface area contributed by atoms with E-state index in [1.807, 2.05) is 33.9 Å². The van der Waals surface area contributed by atoms with Gasteiger partial charge in [0.05, 0.1) is 35.5 Å². The van der Waals surface area contributed by atoms with Crippen molar-refractivity contribution in [2.24, 2.45) is 0 Å². The minimum absolute atomic E-state index is 0.00317. The van der Waals surface area contributed by atoms with Crippen LogP contribution in [0.4, 0.5) is 0 Å². The van der Waals surface area contributed by atoms with Gasteiger partial charge in [0.2, 0.25) is 6.29 Å². The highest BCUT2D eigenvalue weighted by Crippen LogP contribution is 2.41. The molecular weight excluding hydrogens is 873 g/mol. The number of hydrogen-bond acceptors (Lipinski definition) is 18. The number of carbonyl (C=O) groups excluding carboxylic acids is 9. The molecule has 2 aromatic carbocycles. The minimum atomic E-state index is -2.59. The molecule has 0 aliphatic carbocycles. The molecule has 10 atom stereocenters. The number of ether oxygens (including phenoxy) is 8. The van der Waals surface area contributed by atoms with E-state index in [1.165, 1.54) is 36.4 Å². The number of hydrogen-bond donors (Lipinski definition) is 0. The predicted octanol–water partition coefficient (Wildman–Crippen LogP) is 3.09. The minimum Gasteiger partial charge on any atom is -0.456 e. The zero-order valence-corrected chi connectivity index (χ0v) is 38.5. The van der Waals surface area contributed by atoms with E-state index < -0.39 is 130 Å². The Morgan fingerprint density at radius 2 is 0.846 bits per heavy atom. The number of amides is 4. The number of esters is 5. The summed E-state index contributed by atoms with van der Waals surface area (Å²) in [5.41, 5.74) is -0.0117. The summed E-state index contributed by atoms with van der Waals surface area (Å²) in [6.07, 6.45) is -13.2. The highest BCUT2D eigenvalue weighted by Gasteiger charge is 2.60. The van der Waals surface area contributed by atoms with E-state index in [-0.39, 0.29) is 33.9 Å². The van der Waals surface area contributed by atoms with Gasteiger partial charge in [-0.15, -0.1) is 0 Å². The molecule has 4 amide bonds. The third kappa shape index (κ3) is 9.88. The van der Waals surface area contributed by atoms with Crippen LogP contribution >= 0.6 is 0 Å². The molecule has 0 saturated carbocycles. The molecule has 20 nitrogen and oxygen atoms in total. The standard InChI is InChI=1S/C44H52N2O18Si/c1-21(47)58-34-30(64-43(62-25(5)51)33(37(34)61-24(4)50)46-40(54)28-17-13-14-18-29(28)41(46)55)19-56-42-32(45-38(52)26-15-11-12-16-27(26)39(45)53)36(60-23(3)49)35(59-22(2)48)31(63-42)20-57-65(9,10)44(6,7)8/h11-18,30-37,42-43H,19-20H2,1-10H3/t30-,31-,32-,33-,34-,35-,36-,37-,42-,43-/m1/s1. The van der Waals surface area contributed by atoms with Gasteiger partial charge in [0.15, 0.2) is 39.0 Å². The molecule has 0 spiro atoms. The number of nitrogens with zero attached hydrogens (tertiary/aromatic N) is 2. The molecule has 4 aliphatic rings. The Balaban J connectivity index is 1.45. The van der Waals surface area contributed by atoms with Gasteiger partial charge in [-0.05, 0) is 42.4 Å². The van der Waals surface area contributed by atoms with Crippen molar-refractivity contribution in [2.45, 2.75) is 135 Å². The predicted molar refractivity (Wildman–Crippen MR) is 222 cm³/mol. The summed E-state index contributed by atoms with van der Waals surface area (Å²) in [5.74, 6) is -7.93. The van der Waals surface area contributed by atoms with Crippen molar-refractivity contribution in [3.8, 4) is 0 Å². The van der Waals surface area contributed by atoms with E-state index in [0.717, 1.165) is 39.5 Å². The van der Waals surface area contributed by atoms with Crippen LogP contribution < -0.4 is 0 Å². The maximum absolute atomic E-state index is 14.2. The monoisotopic (exact) mass is 924 g/mol. The third-order valence-corrected chi connectivity index (χ3v) is 16.3. The Hall–Kier alpha value is -5.87. The molecule has 6 rings (SSSR count). The van der Waals surface area contributed by atoms with Gasteiger partial charge in [-0.3, -0.25) is 53.0 Å². The topological polar surface area (TPSA) is 243 Å².